The monoisotopic (exact) mass is 380 g/mol. The van der Waals surface area contributed by atoms with Crippen LogP contribution in [0, 0.1) is 0 Å². The van der Waals surface area contributed by atoms with Crippen molar-refractivity contribution >= 4 is 51.9 Å². The molecule has 23 heavy (non-hydrogen) atoms. The summed E-state index contributed by atoms with van der Waals surface area (Å²) in [5.74, 6) is -0.117. The number of benzene rings is 2. The quantitative estimate of drug-likeness (QED) is 0.473. The number of halogens is 5. The minimum absolute atomic E-state index is 0.0134. The Balaban J connectivity index is 2.18. The van der Waals surface area contributed by atoms with E-state index in [9.17, 15) is 18.3 Å². The molecule has 0 unspecified atom stereocenters. The second kappa shape index (κ2) is 6.82. The van der Waals surface area contributed by atoms with Gasteiger partial charge >= 0.3 is 6.18 Å². The zero-order valence-corrected chi connectivity index (χ0v) is 13.5. The molecular formula is C14H9Cl2F3N2OS. The number of hydrogen-bond acceptors (Lipinski definition) is 2. The molecule has 0 saturated carbocycles. The lowest BCUT2D eigenvalue weighted by atomic mass is 10.2. The molecule has 0 saturated heterocycles. The van der Waals surface area contributed by atoms with E-state index in [1.807, 2.05) is 0 Å². The lowest BCUT2D eigenvalue weighted by Crippen LogP contribution is -2.20. The maximum Gasteiger partial charge on any atom is 0.416 e. The van der Waals surface area contributed by atoms with Crippen molar-refractivity contribution in [1.82, 2.24) is 0 Å². The summed E-state index contributed by atoms with van der Waals surface area (Å²) >= 11 is 16.7. The van der Waals surface area contributed by atoms with Crippen LogP contribution in [0.3, 0.4) is 0 Å². The smallest absolute Gasteiger partial charge is 0.416 e. The predicted octanol–water partition coefficient (Wildman–Crippen LogP) is 5.53. The molecule has 0 spiro atoms. The second-order valence-corrected chi connectivity index (χ2v) is 5.68. The minimum atomic E-state index is -4.50. The van der Waals surface area contributed by atoms with Gasteiger partial charge in [0.15, 0.2) is 5.11 Å². The average Bonchev–Trinajstić information content (AvgIpc) is 2.44. The molecule has 122 valence electrons. The number of hydrogen-bond donors (Lipinski definition) is 3. The van der Waals surface area contributed by atoms with E-state index in [1.165, 1.54) is 18.2 Å². The van der Waals surface area contributed by atoms with Crippen LogP contribution < -0.4 is 10.6 Å². The zero-order chi connectivity index (χ0) is 17.2. The number of alkyl halides is 3. The molecule has 0 fully saturated rings. The molecule has 0 amide bonds. The highest BCUT2D eigenvalue weighted by atomic mass is 35.5. The number of aromatic hydroxyl groups is 1. The van der Waals surface area contributed by atoms with Crippen molar-refractivity contribution in [3.05, 3.63) is 52.0 Å². The standard InChI is InChI=1S/C14H9Cl2F3N2OS/c15-8-2-4-12(22)11(6-8)21-13(23)20-10-5-7(14(17,18)19)1-3-9(10)16/h1-6,22H,(H2,20,21,23). The van der Waals surface area contributed by atoms with Crippen LogP contribution in [0.15, 0.2) is 36.4 Å². The second-order valence-electron chi connectivity index (χ2n) is 4.43. The van der Waals surface area contributed by atoms with E-state index < -0.39 is 11.7 Å². The molecule has 2 rings (SSSR count). The Morgan fingerprint density at radius 2 is 1.65 bits per heavy atom. The van der Waals surface area contributed by atoms with Gasteiger partial charge in [0.25, 0.3) is 0 Å². The van der Waals surface area contributed by atoms with Crippen LogP contribution in [0.25, 0.3) is 0 Å². The molecule has 0 aliphatic rings. The summed E-state index contributed by atoms with van der Waals surface area (Å²) in [4.78, 5) is 0. The third-order valence-electron chi connectivity index (χ3n) is 2.75. The predicted molar refractivity (Wildman–Crippen MR) is 89.4 cm³/mol. The van der Waals surface area contributed by atoms with Crippen molar-refractivity contribution < 1.29 is 18.3 Å². The Bertz CT molecular complexity index is 753. The van der Waals surface area contributed by atoms with E-state index in [0.717, 1.165) is 18.2 Å². The minimum Gasteiger partial charge on any atom is -0.506 e. The van der Waals surface area contributed by atoms with E-state index in [2.05, 4.69) is 10.6 Å². The molecule has 2 aromatic carbocycles. The molecule has 0 aliphatic heterocycles. The molecule has 0 aliphatic carbocycles. The van der Waals surface area contributed by atoms with Crippen molar-refractivity contribution in [2.24, 2.45) is 0 Å². The van der Waals surface area contributed by atoms with Crippen molar-refractivity contribution in [2.75, 3.05) is 10.6 Å². The Morgan fingerprint density at radius 1 is 1.00 bits per heavy atom. The van der Waals surface area contributed by atoms with Crippen molar-refractivity contribution in [1.29, 1.82) is 0 Å². The fourth-order valence-corrected chi connectivity index (χ4v) is 2.24. The molecule has 3 N–H and O–H groups in total. The van der Waals surface area contributed by atoms with Crippen LogP contribution >= 0.6 is 35.4 Å². The maximum atomic E-state index is 12.7. The highest BCUT2D eigenvalue weighted by molar-refractivity contribution is 7.80. The number of rotatable bonds is 2. The first kappa shape index (κ1) is 17.7. The molecule has 0 bridgehead atoms. The van der Waals surface area contributed by atoms with Crippen LogP contribution in [0.1, 0.15) is 5.56 Å². The van der Waals surface area contributed by atoms with Gasteiger partial charge in [0.2, 0.25) is 0 Å². The van der Waals surface area contributed by atoms with Gasteiger partial charge in [0.1, 0.15) is 5.75 Å². The average molecular weight is 381 g/mol. The first-order chi connectivity index (χ1) is 10.7. The Labute approximate surface area is 145 Å². The number of nitrogens with one attached hydrogen (secondary N) is 2. The number of anilines is 2. The SMILES string of the molecule is Oc1ccc(Cl)cc1NC(=S)Nc1cc(C(F)(F)F)ccc1Cl. The first-order valence-electron chi connectivity index (χ1n) is 6.10. The summed E-state index contributed by atoms with van der Waals surface area (Å²) < 4.78 is 38.1. The van der Waals surface area contributed by atoms with Gasteiger partial charge in [-0.2, -0.15) is 13.2 Å². The summed E-state index contributed by atoms with van der Waals surface area (Å²) in [6.07, 6.45) is -4.50. The fourth-order valence-electron chi connectivity index (χ4n) is 1.68. The van der Waals surface area contributed by atoms with Crippen LogP contribution in [0.4, 0.5) is 24.5 Å². The van der Waals surface area contributed by atoms with Crippen LogP contribution in [-0.4, -0.2) is 10.2 Å². The molecular weight excluding hydrogens is 372 g/mol. The summed E-state index contributed by atoms with van der Waals surface area (Å²) in [6, 6.07) is 7.07. The highest BCUT2D eigenvalue weighted by Crippen LogP contribution is 2.34. The van der Waals surface area contributed by atoms with E-state index in [4.69, 9.17) is 35.4 Å². The Hall–Kier alpha value is -1.70. The van der Waals surface area contributed by atoms with Gasteiger partial charge in [-0.25, -0.2) is 0 Å². The van der Waals surface area contributed by atoms with Gasteiger partial charge in [0.05, 0.1) is 22.0 Å². The van der Waals surface area contributed by atoms with Gasteiger partial charge in [-0.1, -0.05) is 23.2 Å². The lowest BCUT2D eigenvalue weighted by Gasteiger charge is -2.15. The normalized spacial score (nSPS) is 11.2. The molecule has 0 heterocycles. The topological polar surface area (TPSA) is 44.3 Å². The van der Waals surface area contributed by atoms with Crippen molar-refractivity contribution in [3.63, 3.8) is 0 Å². The zero-order valence-electron chi connectivity index (χ0n) is 11.2. The lowest BCUT2D eigenvalue weighted by molar-refractivity contribution is -0.137. The summed E-state index contributed by atoms with van der Waals surface area (Å²) in [5.41, 5.74) is -0.670. The van der Waals surface area contributed by atoms with E-state index in [0.29, 0.717) is 5.02 Å². The molecule has 0 radical (unpaired) electrons. The van der Waals surface area contributed by atoms with Gasteiger partial charge in [0, 0.05) is 5.02 Å². The first-order valence-corrected chi connectivity index (χ1v) is 7.26. The van der Waals surface area contributed by atoms with Gasteiger partial charge in [-0.15, -0.1) is 0 Å². The molecule has 2 aromatic rings. The van der Waals surface area contributed by atoms with Gasteiger partial charge in [-0.05, 0) is 48.6 Å². The fraction of sp³-hybridized carbons (Fsp3) is 0.0714. The highest BCUT2D eigenvalue weighted by Gasteiger charge is 2.31. The molecule has 3 nitrogen and oxygen atoms in total. The molecule has 0 atom stereocenters. The van der Waals surface area contributed by atoms with E-state index in [-0.39, 0.29) is 27.3 Å². The van der Waals surface area contributed by atoms with Crippen molar-refractivity contribution in [2.45, 2.75) is 6.18 Å². The third kappa shape index (κ3) is 4.63. The van der Waals surface area contributed by atoms with Gasteiger partial charge in [-0.3, -0.25) is 0 Å². The molecule has 9 heteroatoms. The number of thiocarbonyl (C=S) groups is 1. The largest absolute Gasteiger partial charge is 0.506 e. The van der Waals surface area contributed by atoms with Crippen LogP contribution in [-0.2, 0) is 6.18 Å². The Kier molecular flexibility index (Phi) is 5.23. The summed E-state index contributed by atoms with van der Waals surface area (Å²) in [7, 11) is 0. The van der Waals surface area contributed by atoms with Gasteiger partial charge < -0.3 is 15.7 Å². The number of phenolic OH excluding ortho intramolecular Hbond substituents is 1. The Morgan fingerprint density at radius 3 is 2.30 bits per heavy atom. The van der Waals surface area contributed by atoms with Crippen LogP contribution in [0.5, 0.6) is 5.75 Å². The summed E-state index contributed by atoms with van der Waals surface area (Å²) in [5, 5.41) is 15.2. The van der Waals surface area contributed by atoms with E-state index in [1.54, 1.807) is 0 Å². The number of phenols is 1. The van der Waals surface area contributed by atoms with E-state index >= 15 is 0 Å². The summed E-state index contributed by atoms with van der Waals surface area (Å²) in [6.45, 7) is 0. The molecule has 0 aromatic heterocycles. The van der Waals surface area contributed by atoms with Crippen LogP contribution in [0.2, 0.25) is 10.0 Å². The third-order valence-corrected chi connectivity index (χ3v) is 3.52. The van der Waals surface area contributed by atoms with Crippen molar-refractivity contribution in [3.8, 4) is 5.75 Å². The maximum absolute atomic E-state index is 12.7.